The fourth-order valence-corrected chi connectivity index (χ4v) is 10.5. The molecule has 0 aliphatic heterocycles. The zero-order valence-corrected chi connectivity index (χ0v) is 36.8. The van der Waals surface area contributed by atoms with Gasteiger partial charge in [0.25, 0.3) is 0 Å². The Morgan fingerprint density at radius 2 is 0.739 bits per heavy atom. The predicted octanol–water partition coefficient (Wildman–Crippen LogP) is 17.0. The van der Waals surface area contributed by atoms with Crippen molar-refractivity contribution in [1.29, 1.82) is 10.5 Å². The molecule has 0 radical (unpaired) electrons. The zero-order chi connectivity index (χ0) is 45.7. The van der Waals surface area contributed by atoms with Crippen LogP contribution in [-0.4, -0.2) is 4.40 Å². The van der Waals surface area contributed by atoms with E-state index in [-0.39, 0.29) is 0 Å². The van der Waals surface area contributed by atoms with Crippen LogP contribution in [0.5, 0.6) is 0 Å². The smallest absolute Gasteiger partial charge is 0.161 e. The molecule has 4 heterocycles. The Labute approximate surface area is 394 Å². The van der Waals surface area contributed by atoms with Gasteiger partial charge in [-0.2, -0.15) is 10.5 Å². The summed E-state index contributed by atoms with van der Waals surface area (Å²) in [7, 11) is 0. The van der Waals surface area contributed by atoms with E-state index >= 15 is 0 Å². The minimum atomic E-state index is 0.601. The van der Waals surface area contributed by atoms with Crippen LogP contribution in [0.15, 0.2) is 221 Å². The molecule has 7 heteroatoms. The van der Waals surface area contributed by atoms with Gasteiger partial charge in [0, 0.05) is 67.8 Å². The molecule has 0 atom stereocenters. The summed E-state index contributed by atoms with van der Waals surface area (Å²) in [6.45, 7) is 0. The molecule has 69 heavy (non-hydrogen) atoms. The summed E-state index contributed by atoms with van der Waals surface area (Å²) in [4.78, 5) is 4.43. The van der Waals surface area contributed by atoms with Gasteiger partial charge in [-0.05, 0) is 142 Å². The number of aromatic nitrogens is 1. The zero-order valence-electron chi connectivity index (χ0n) is 36.8. The third-order valence-electron chi connectivity index (χ3n) is 13.7. The van der Waals surface area contributed by atoms with Gasteiger partial charge in [0.2, 0.25) is 0 Å². The fourth-order valence-electron chi connectivity index (χ4n) is 10.5. The predicted molar refractivity (Wildman–Crippen MR) is 280 cm³/mol. The van der Waals surface area contributed by atoms with Gasteiger partial charge < -0.3 is 23.0 Å². The van der Waals surface area contributed by atoms with Crippen LogP contribution in [0.4, 0.5) is 34.1 Å². The maximum atomic E-state index is 9.67. The van der Waals surface area contributed by atoms with E-state index in [1.165, 1.54) is 0 Å². The first-order valence-corrected chi connectivity index (χ1v) is 22.8. The highest BCUT2D eigenvalue weighted by molar-refractivity contribution is 6.29. The Balaban J connectivity index is 0.996. The lowest BCUT2D eigenvalue weighted by Gasteiger charge is -2.26. The average Bonchev–Trinajstić information content (AvgIpc) is 4.15. The molecule has 0 aliphatic carbocycles. The van der Waals surface area contributed by atoms with Crippen molar-refractivity contribution in [3.63, 3.8) is 0 Å². The van der Waals surface area contributed by atoms with Crippen molar-refractivity contribution in [2.75, 3.05) is 9.80 Å². The van der Waals surface area contributed by atoms with Gasteiger partial charge in [-0.15, -0.1) is 0 Å². The Kier molecular flexibility index (Phi) is 8.27. The van der Waals surface area contributed by atoms with Crippen molar-refractivity contribution in [3.05, 3.63) is 223 Å². The number of hydrogen-bond acceptors (Lipinski definition) is 6. The van der Waals surface area contributed by atoms with Gasteiger partial charge in [-0.25, -0.2) is 0 Å². The largest absolute Gasteiger partial charge is 0.454 e. The minimum Gasteiger partial charge on any atom is -0.454 e. The summed E-state index contributed by atoms with van der Waals surface area (Å²) in [5.74, 6) is 0. The van der Waals surface area contributed by atoms with Gasteiger partial charge >= 0.3 is 0 Å². The van der Waals surface area contributed by atoms with Crippen LogP contribution < -0.4 is 9.80 Å². The van der Waals surface area contributed by atoms with Gasteiger partial charge in [-0.1, -0.05) is 91.0 Å². The van der Waals surface area contributed by atoms with Gasteiger partial charge in [-0.3, -0.25) is 0 Å². The summed E-state index contributed by atoms with van der Waals surface area (Å²) < 4.78 is 16.5. The Morgan fingerprint density at radius 3 is 1.20 bits per heavy atom. The first-order valence-electron chi connectivity index (χ1n) is 22.8. The molecule has 0 bridgehead atoms. The molecule has 0 fully saturated rings. The molecule has 14 rings (SSSR count). The van der Waals surface area contributed by atoms with E-state index in [1.807, 2.05) is 54.6 Å². The van der Waals surface area contributed by atoms with Crippen LogP contribution in [0.2, 0.25) is 0 Å². The van der Waals surface area contributed by atoms with E-state index in [0.717, 1.165) is 127 Å². The third-order valence-corrected chi connectivity index (χ3v) is 13.7. The molecule has 0 aliphatic rings. The fraction of sp³-hybridized carbons (Fsp3) is 0. The van der Waals surface area contributed by atoms with E-state index in [0.29, 0.717) is 11.1 Å². The Hall–Kier alpha value is -9.82. The van der Waals surface area contributed by atoms with Crippen LogP contribution >= 0.6 is 0 Å². The summed E-state index contributed by atoms with van der Waals surface area (Å²) in [6.07, 6.45) is 0. The molecule has 0 unspecified atom stereocenters. The van der Waals surface area contributed by atoms with Crippen molar-refractivity contribution in [2.24, 2.45) is 0 Å². The van der Waals surface area contributed by atoms with Crippen molar-refractivity contribution in [1.82, 2.24) is 4.40 Å². The van der Waals surface area contributed by atoms with Gasteiger partial charge in [0.15, 0.2) is 11.2 Å². The lowest BCUT2D eigenvalue weighted by molar-refractivity contribution is 0.672. The monoisotopic (exact) mass is 881 g/mol. The van der Waals surface area contributed by atoms with E-state index in [1.54, 1.807) is 0 Å². The summed E-state index contributed by atoms with van der Waals surface area (Å²) in [5, 5.41) is 27.9. The van der Waals surface area contributed by atoms with Crippen LogP contribution in [-0.2, 0) is 0 Å². The molecule has 0 amide bonds. The summed E-state index contributed by atoms with van der Waals surface area (Å²) in [6, 6.07) is 77.6. The molecule has 0 saturated heterocycles. The highest BCUT2D eigenvalue weighted by Crippen LogP contribution is 2.49. The van der Waals surface area contributed by atoms with E-state index in [9.17, 15) is 10.5 Å². The minimum absolute atomic E-state index is 0.601. The molecular weight excluding hydrogens is 847 g/mol. The molecular formula is C62H35N5O2. The maximum absolute atomic E-state index is 9.67. The van der Waals surface area contributed by atoms with Crippen LogP contribution in [0.1, 0.15) is 11.1 Å². The molecule has 0 spiro atoms. The Bertz CT molecular complexity index is 4190. The number of fused-ring (bicyclic) bond motifs is 12. The number of anilines is 6. The first kappa shape index (κ1) is 38.4. The first-order chi connectivity index (χ1) is 34.1. The quantitative estimate of drug-likeness (QED) is 0.159. The second-order valence-corrected chi connectivity index (χ2v) is 17.6. The van der Waals surface area contributed by atoms with E-state index in [4.69, 9.17) is 8.83 Å². The molecule has 10 aromatic carbocycles. The second-order valence-electron chi connectivity index (χ2n) is 17.6. The van der Waals surface area contributed by atoms with Gasteiger partial charge in [0.1, 0.15) is 22.2 Å². The molecule has 14 aromatic rings. The number of benzene rings is 10. The molecule has 320 valence electrons. The average molecular weight is 882 g/mol. The lowest BCUT2D eigenvalue weighted by Crippen LogP contribution is -2.09. The van der Waals surface area contributed by atoms with Crippen molar-refractivity contribution < 1.29 is 8.83 Å². The lowest BCUT2D eigenvalue weighted by atomic mass is 10.0. The normalized spacial score (nSPS) is 11.7. The number of furan rings is 2. The van der Waals surface area contributed by atoms with E-state index in [2.05, 4.69) is 184 Å². The van der Waals surface area contributed by atoms with Crippen molar-refractivity contribution in [3.8, 4) is 23.3 Å². The summed E-state index contributed by atoms with van der Waals surface area (Å²) >= 11 is 0. The number of nitriles is 2. The van der Waals surface area contributed by atoms with Crippen LogP contribution in [0.25, 0.3) is 93.1 Å². The summed E-state index contributed by atoms with van der Waals surface area (Å²) in [5.41, 5.74) is 15.2. The SMILES string of the molecule is N#Cc1ccc(N(c2ccc3ccccc3c2)c2ccc3c(c2)oc2c4cc(-c5ccccc5)cc5c6oc7cc(N(c8ccc(C#N)cc8)c8ccc9ccccc9c8)ccc7c6n(c45)c32)cc1. The van der Waals surface area contributed by atoms with Gasteiger partial charge in [0.05, 0.1) is 28.8 Å². The number of hydrogen-bond donors (Lipinski definition) is 0. The highest BCUT2D eigenvalue weighted by atomic mass is 16.3. The molecule has 0 saturated carbocycles. The van der Waals surface area contributed by atoms with E-state index < -0.39 is 0 Å². The standard InChI is InChI=1S/C62H35N5O2/c63-36-38-14-20-46(21-15-38)65(48-24-18-41-10-4-6-12-43(41)30-48)50-26-28-52-56(34-50)68-61-54-32-45(40-8-2-1-3-9-40)33-55-58(54)67(59(52)61)60-53-29-27-51(35-57(53)69-62(55)60)66(47-22-16-39(37-64)17-23-47)49-25-19-42-11-5-7-13-44(42)31-49/h1-35H. The van der Waals surface area contributed by atoms with Crippen LogP contribution in [0, 0.1) is 22.7 Å². The van der Waals surface area contributed by atoms with Crippen molar-refractivity contribution in [2.45, 2.75) is 0 Å². The Morgan fingerprint density at radius 1 is 0.333 bits per heavy atom. The van der Waals surface area contributed by atoms with Crippen molar-refractivity contribution >= 4 is 116 Å². The maximum Gasteiger partial charge on any atom is 0.161 e. The second kappa shape index (κ2) is 14.8. The molecule has 4 aromatic heterocycles. The van der Waals surface area contributed by atoms with Crippen LogP contribution in [0.3, 0.4) is 0 Å². The number of rotatable bonds is 7. The molecule has 0 N–H and O–H groups in total. The molecule has 7 nitrogen and oxygen atoms in total. The third kappa shape index (κ3) is 5.92. The number of nitrogens with zero attached hydrogens (tertiary/aromatic N) is 5. The highest BCUT2D eigenvalue weighted by Gasteiger charge is 2.28. The topological polar surface area (TPSA) is 84.8 Å².